The Morgan fingerprint density at radius 3 is 2.52 bits per heavy atom. The number of nitrogens with zero attached hydrogens (tertiary/aromatic N) is 2. The van der Waals surface area contributed by atoms with Crippen molar-refractivity contribution in [1.29, 1.82) is 0 Å². The molecule has 0 spiro atoms. The average molecular weight is 294 g/mol. The predicted octanol–water partition coefficient (Wildman–Crippen LogP) is 3.14. The van der Waals surface area contributed by atoms with Crippen molar-refractivity contribution in [3.05, 3.63) is 27.7 Å². The minimum absolute atomic E-state index is 0.0869. The highest BCUT2D eigenvalue weighted by atomic mass is 16.3. The number of rotatable bonds is 8. The molecular formula is C17H30N2O2. The third-order valence-corrected chi connectivity index (χ3v) is 3.79. The van der Waals surface area contributed by atoms with Gasteiger partial charge in [-0.2, -0.15) is 0 Å². The molecule has 0 amide bonds. The van der Waals surface area contributed by atoms with Crippen LogP contribution in [-0.2, 0) is 13.1 Å². The van der Waals surface area contributed by atoms with Crippen LogP contribution in [0.25, 0.3) is 0 Å². The van der Waals surface area contributed by atoms with E-state index < -0.39 is 0 Å². The van der Waals surface area contributed by atoms with Crippen LogP contribution in [0.4, 0.5) is 0 Å². The normalized spacial score (nSPS) is 11.6. The predicted molar refractivity (Wildman–Crippen MR) is 87.8 cm³/mol. The van der Waals surface area contributed by atoms with Gasteiger partial charge >= 0.3 is 0 Å². The number of aromatic hydroxyl groups is 1. The third-order valence-electron chi connectivity index (χ3n) is 3.79. The van der Waals surface area contributed by atoms with Crippen LogP contribution >= 0.6 is 0 Å². The molecule has 1 aromatic rings. The molecule has 0 bridgehead atoms. The lowest BCUT2D eigenvalue weighted by Gasteiger charge is -2.25. The van der Waals surface area contributed by atoms with Crippen molar-refractivity contribution < 1.29 is 5.11 Å². The van der Waals surface area contributed by atoms with Crippen molar-refractivity contribution in [2.24, 2.45) is 5.92 Å². The highest BCUT2D eigenvalue weighted by molar-refractivity contribution is 5.29. The maximum Gasteiger partial charge on any atom is 0.223 e. The van der Waals surface area contributed by atoms with Crippen molar-refractivity contribution in [3.8, 4) is 5.75 Å². The monoisotopic (exact) mass is 294 g/mol. The second-order valence-corrected chi connectivity index (χ2v) is 6.17. The van der Waals surface area contributed by atoms with Crippen molar-refractivity contribution in [2.75, 3.05) is 13.1 Å². The maximum atomic E-state index is 11.9. The van der Waals surface area contributed by atoms with E-state index in [1.54, 1.807) is 0 Å². The van der Waals surface area contributed by atoms with Gasteiger partial charge in [0.25, 0.3) is 0 Å². The first-order valence-electron chi connectivity index (χ1n) is 8.05. The van der Waals surface area contributed by atoms with Crippen molar-refractivity contribution in [3.63, 3.8) is 0 Å². The Labute approximate surface area is 128 Å². The third kappa shape index (κ3) is 4.88. The topological polar surface area (TPSA) is 45.5 Å². The van der Waals surface area contributed by atoms with Gasteiger partial charge in [0.2, 0.25) is 5.43 Å². The summed E-state index contributed by atoms with van der Waals surface area (Å²) in [6, 6.07) is 1.53. The van der Waals surface area contributed by atoms with Crippen LogP contribution in [0.15, 0.2) is 10.9 Å². The van der Waals surface area contributed by atoms with E-state index in [0.717, 1.165) is 43.9 Å². The van der Waals surface area contributed by atoms with E-state index in [4.69, 9.17) is 0 Å². The van der Waals surface area contributed by atoms with Gasteiger partial charge in [-0.1, -0.05) is 34.1 Å². The summed E-state index contributed by atoms with van der Waals surface area (Å²) in [6.07, 6.45) is 2.28. The zero-order chi connectivity index (χ0) is 16.0. The van der Waals surface area contributed by atoms with E-state index in [-0.39, 0.29) is 11.2 Å². The van der Waals surface area contributed by atoms with Crippen LogP contribution < -0.4 is 5.43 Å². The Balaban J connectivity index is 3.15. The fourth-order valence-corrected chi connectivity index (χ4v) is 2.54. The van der Waals surface area contributed by atoms with E-state index in [1.165, 1.54) is 6.07 Å². The molecule has 0 fully saturated rings. The summed E-state index contributed by atoms with van der Waals surface area (Å²) in [7, 11) is 0. The average Bonchev–Trinajstić information content (AvgIpc) is 2.43. The van der Waals surface area contributed by atoms with Crippen LogP contribution in [-0.4, -0.2) is 27.7 Å². The van der Waals surface area contributed by atoms with Crippen LogP contribution in [0.2, 0.25) is 0 Å². The fourth-order valence-electron chi connectivity index (χ4n) is 2.54. The SMILES string of the molecule is CCCCN(CC)Cc1c(O)c(=O)cc(C)n1CC(C)C. The summed E-state index contributed by atoms with van der Waals surface area (Å²) < 4.78 is 2.09. The van der Waals surface area contributed by atoms with Gasteiger partial charge < -0.3 is 9.67 Å². The molecule has 0 aliphatic carbocycles. The maximum absolute atomic E-state index is 11.9. The second-order valence-electron chi connectivity index (χ2n) is 6.17. The molecule has 0 unspecified atom stereocenters. The van der Waals surface area contributed by atoms with E-state index in [0.29, 0.717) is 12.5 Å². The smallest absolute Gasteiger partial charge is 0.223 e. The molecule has 1 N–H and O–H groups in total. The van der Waals surface area contributed by atoms with Crippen molar-refractivity contribution >= 4 is 0 Å². The standard InChI is InChI=1S/C17H30N2O2/c1-6-8-9-18(7-2)12-15-17(21)16(20)10-14(5)19(15)11-13(3)4/h10,13,21H,6-9,11-12H2,1-5H3. The minimum atomic E-state index is -0.269. The quantitative estimate of drug-likeness (QED) is 0.801. The molecule has 0 saturated heterocycles. The van der Waals surface area contributed by atoms with E-state index in [9.17, 15) is 9.90 Å². The Morgan fingerprint density at radius 1 is 1.33 bits per heavy atom. The molecule has 1 heterocycles. The summed E-state index contributed by atoms with van der Waals surface area (Å²) in [5, 5.41) is 10.2. The Hall–Kier alpha value is -1.29. The molecule has 4 heteroatoms. The molecule has 0 saturated carbocycles. The summed E-state index contributed by atoms with van der Waals surface area (Å²) >= 11 is 0. The van der Waals surface area contributed by atoms with Gasteiger partial charge in [-0.25, -0.2) is 0 Å². The number of aryl methyl sites for hydroxylation is 1. The van der Waals surface area contributed by atoms with Gasteiger partial charge in [-0.3, -0.25) is 9.69 Å². The number of pyridine rings is 1. The van der Waals surface area contributed by atoms with Gasteiger partial charge in [-0.15, -0.1) is 0 Å². The molecule has 0 aliphatic rings. The zero-order valence-electron chi connectivity index (χ0n) is 14.1. The summed E-state index contributed by atoms with van der Waals surface area (Å²) in [5.41, 5.74) is 1.41. The van der Waals surface area contributed by atoms with Crippen LogP contribution in [0, 0.1) is 12.8 Å². The molecule has 0 radical (unpaired) electrons. The lowest BCUT2D eigenvalue weighted by molar-refractivity contribution is 0.259. The minimum Gasteiger partial charge on any atom is -0.503 e. The Bertz CT molecular complexity index is 506. The highest BCUT2D eigenvalue weighted by Crippen LogP contribution is 2.18. The summed E-state index contributed by atoms with van der Waals surface area (Å²) in [4.78, 5) is 14.2. The van der Waals surface area contributed by atoms with Gasteiger partial charge in [0.15, 0.2) is 5.75 Å². The van der Waals surface area contributed by atoms with Gasteiger partial charge in [0, 0.05) is 24.8 Å². The first-order chi connectivity index (χ1) is 9.90. The zero-order valence-corrected chi connectivity index (χ0v) is 14.1. The molecule has 0 aliphatic heterocycles. The molecule has 4 nitrogen and oxygen atoms in total. The second kappa shape index (κ2) is 8.23. The molecule has 21 heavy (non-hydrogen) atoms. The van der Waals surface area contributed by atoms with Crippen LogP contribution in [0.5, 0.6) is 5.75 Å². The van der Waals surface area contributed by atoms with Crippen molar-refractivity contribution in [2.45, 2.75) is 60.5 Å². The lowest BCUT2D eigenvalue weighted by atomic mass is 10.1. The van der Waals surface area contributed by atoms with E-state index in [2.05, 4.69) is 37.2 Å². The first-order valence-corrected chi connectivity index (χ1v) is 8.05. The lowest BCUT2D eigenvalue weighted by Crippen LogP contribution is -2.28. The largest absolute Gasteiger partial charge is 0.503 e. The Kier molecular flexibility index (Phi) is 6.96. The molecule has 0 aromatic carbocycles. The van der Waals surface area contributed by atoms with Gasteiger partial charge in [-0.05, 0) is 32.4 Å². The summed E-state index contributed by atoms with van der Waals surface area (Å²) in [6.45, 7) is 13.9. The fraction of sp³-hybridized carbons (Fsp3) is 0.706. The van der Waals surface area contributed by atoms with E-state index >= 15 is 0 Å². The molecule has 120 valence electrons. The number of hydrogen-bond acceptors (Lipinski definition) is 3. The molecule has 0 atom stereocenters. The van der Waals surface area contributed by atoms with Gasteiger partial charge in [0.05, 0.1) is 5.69 Å². The van der Waals surface area contributed by atoms with Crippen LogP contribution in [0.3, 0.4) is 0 Å². The van der Waals surface area contributed by atoms with Crippen LogP contribution in [0.1, 0.15) is 51.9 Å². The highest BCUT2D eigenvalue weighted by Gasteiger charge is 2.16. The molecular weight excluding hydrogens is 264 g/mol. The van der Waals surface area contributed by atoms with E-state index in [1.807, 2.05) is 6.92 Å². The Morgan fingerprint density at radius 2 is 2.00 bits per heavy atom. The first kappa shape index (κ1) is 17.8. The summed E-state index contributed by atoms with van der Waals surface area (Å²) in [5.74, 6) is 0.381. The van der Waals surface area contributed by atoms with Crippen molar-refractivity contribution in [1.82, 2.24) is 9.47 Å². The number of unbranched alkanes of at least 4 members (excludes halogenated alkanes) is 1. The van der Waals surface area contributed by atoms with Gasteiger partial charge in [0.1, 0.15) is 0 Å². The number of hydrogen-bond donors (Lipinski definition) is 1. The molecule has 1 rings (SSSR count). The number of aromatic nitrogens is 1. The molecule has 1 aromatic heterocycles.